The maximum absolute atomic E-state index is 11.7. The number of methoxy groups -OCH3 is 1. The van der Waals surface area contributed by atoms with Crippen molar-refractivity contribution in [1.82, 2.24) is 9.55 Å². The molecule has 1 aliphatic heterocycles. The molecule has 116 valence electrons. The van der Waals surface area contributed by atoms with E-state index >= 15 is 0 Å². The van der Waals surface area contributed by atoms with Gasteiger partial charge in [0, 0.05) is 19.4 Å². The number of nitrogens with zero attached hydrogens (tertiary/aromatic N) is 1. The third kappa shape index (κ3) is 3.43. The molecule has 0 amide bonds. The van der Waals surface area contributed by atoms with Crippen molar-refractivity contribution in [1.29, 1.82) is 0 Å². The molecule has 1 aliphatic rings. The molecule has 1 aromatic rings. The molecule has 1 fully saturated rings. The fourth-order valence-corrected chi connectivity index (χ4v) is 2.09. The van der Waals surface area contributed by atoms with Crippen molar-refractivity contribution < 1.29 is 28.4 Å². The Morgan fingerprint density at radius 1 is 1.52 bits per heavy atom. The lowest BCUT2D eigenvalue weighted by Crippen LogP contribution is -2.38. The Bertz CT molecular complexity index is 601. The molecule has 11 heteroatoms. The van der Waals surface area contributed by atoms with Gasteiger partial charge in [-0.3, -0.25) is 18.9 Å². The first-order valence-corrected chi connectivity index (χ1v) is 6.55. The minimum atomic E-state index is -1.20. The minimum absolute atomic E-state index is 0.379. The quantitative estimate of drug-likeness (QED) is 0.386. The van der Waals surface area contributed by atoms with Crippen LogP contribution >= 0.6 is 8.69 Å². The second-order valence-electron chi connectivity index (χ2n) is 4.09. The second-order valence-corrected chi connectivity index (χ2v) is 4.50. The Morgan fingerprint density at radius 3 is 2.90 bits per heavy atom. The van der Waals surface area contributed by atoms with Crippen molar-refractivity contribution in [3.05, 3.63) is 33.1 Å². The highest BCUT2D eigenvalue weighted by Gasteiger charge is 2.46. The van der Waals surface area contributed by atoms with Crippen LogP contribution in [0.1, 0.15) is 6.23 Å². The summed E-state index contributed by atoms with van der Waals surface area (Å²) in [5, 5.41) is 10.0. The lowest BCUT2D eigenvalue weighted by atomic mass is 10.2. The van der Waals surface area contributed by atoms with Crippen molar-refractivity contribution in [2.45, 2.75) is 24.7 Å². The first-order chi connectivity index (χ1) is 10.1. The summed E-state index contributed by atoms with van der Waals surface area (Å²) in [5.74, 6) is 0. The SMILES string of the molecule is COC1[C@@H](O)[C@@H](OCOP=O)O[C@H]1n1ccc(=O)[nH]c1=O. The lowest BCUT2D eigenvalue weighted by molar-refractivity contribution is -0.201. The third-order valence-corrected chi connectivity index (χ3v) is 3.12. The van der Waals surface area contributed by atoms with E-state index in [2.05, 4.69) is 9.51 Å². The van der Waals surface area contributed by atoms with E-state index in [-0.39, 0.29) is 6.79 Å². The van der Waals surface area contributed by atoms with E-state index in [0.29, 0.717) is 0 Å². The first-order valence-electron chi connectivity index (χ1n) is 5.82. The molecule has 2 N–H and O–H groups in total. The van der Waals surface area contributed by atoms with Gasteiger partial charge in [-0.25, -0.2) is 9.36 Å². The molecule has 0 radical (unpaired) electrons. The second kappa shape index (κ2) is 7.03. The van der Waals surface area contributed by atoms with Crippen molar-refractivity contribution >= 4 is 8.69 Å². The summed E-state index contributed by atoms with van der Waals surface area (Å²) < 4.78 is 31.2. The van der Waals surface area contributed by atoms with Crippen LogP contribution in [-0.2, 0) is 23.3 Å². The van der Waals surface area contributed by atoms with E-state index in [1.807, 2.05) is 0 Å². The van der Waals surface area contributed by atoms with Gasteiger partial charge in [0.25, 0.3) is 5.56 Å². The van der Waals surface area contributed by atoms with Gasteiger partial charge in [-0.05, 0) is 0 Å². The molecule has 2 heterocycles. The summed E-state index contributed by atoms with van der Waals surface area (Å²) in [6, 6.07) is 1.14. The highest BCUT2D eigenvalue weighted by atomic mass is 31.1. The predicted molar refractivity (Wildman–Crippen MR) is 66.7 cm³/mol. The van der Waals surface area contributed by atoms with Crippen LogP contribution in [0.5, 0.6) is 0 Å². The molecule has 21 heavy (non-hydrogen) atoms. The van der Waals surface area contributed by atoms with Gasteiger partial charge in [-0.2, -0.15) is 0 Å². The number of aliphatic hydroxyl groups excluding tert-OH is 1. The number of aromatic amines is 1. The zero-order valence-electron chi connectivity index (χ0n) is 10.9. The third-order valence-electron chi connectivity index (χ3n) is 2.91. The zero-order chi connectivity index (χ0) is 15.4. The first kappa shape index (κ1) is 16.0. The molecular formula is C10H13N2O8P. The Kier molecular flexibility index (Phi) is 5.34. The van der Waals surface area contributed by atoms with Crippen molar-refractivity contribution in [3.8, 4) is 0 Å². The summed E-state index contributed by atoms with van der Waals surface area (Å²) in [6.45, 7) is -0.379. The maximum atomic E-state index is 11.7. The number of H-pyrrole nitrogens is 1. The molecule has 0 aromatic carbocycles. The van der Waals surface area contributed by atoms with Gasteiger partial charge in [-0.15, -0.1) is 0 Å². The molecule has 2 rings (SSSR count). The molecule has 0 bridgehead atoms. The number of ether oxygens (including phenoxy) is 3. The molecule has 0 saturated carbocycles. The van der Waals surface area contributed by atoms with Gasteiger partial charge >= 0.3 is 14.4 Å². The number of hydrogen-bond donors (Lipinski definition) is 2. The fourth-order valence-electron chi connectivity index (χ4n) is 1.98. The average molecular weight is 320 g/mol. The number of nitrogens with one attached hydrogen (secondary N) is 1. The largest absolute Gasteiger partial charge is 0.385 e. The Balaban J connectivity index is 2.20. The summed E-state index contributed by atoms with van der Waals surface area (Å²) >= 11 is 0. The number of aromatic nitrogens is 2. The van der Waals surface area contributed by atoms with Gasteiger partial charge in [0.05, 0.1) is 0 Å². The van der Waals surface area contributed by atoms with Gasteiger partial charge in [0.2, 0.25) is 0 Å². The molecule has 0 spiro atoms. The molecule has 4 atom stereocenters. The van der Waals surface area contributed by atoms with Crippen molar-refractivity contribution in [2.24, 2.45) is 0 Å². The normalized spacial score (nSPS) is 29.0. The van der Waals surface area contributed by atoms with E-state index < -0.39 is 44.7 Å². The van der Waals surface area contributed by atoms with E-state index in [9.17, 15) is 19.3 Å². The summed E-state index contributed by atoms with van der Waals surface area (Å²) in [4.78, 5) is 24.9. The monoisotopic (exact) mass is 320 g/mol. The summed E-state index contributed by atoms with van der Waals surface area (Å²) in [6.07, 6.45) is -3.02. The van der Waals surface area contributed by atoms with Crippen molar-refractivity contribution in [2.75, 3.05) is 13.9 Å². The van der Waals surface area contributed by atoms with Crippen LogP contribution in [0.4, 0.5) is 0 Å². The Hall–Kier alpha value is -1.42. The standard InChI is InChI=1S/C10H13N2O8P/c1-17-7-6(14)9(18-4-19-21-16)20-8(7)12-3-2-5(13)11-10(12)15/h2-3,6-9,14H,4H2,1H3,(H,11,13,15)/t6-,7?,8-,9+/m1/s1. The summed E-state index contributed by atoms with van der Waals surface area (Å²) in [7, 11) is 0.753. The maximum Gasteiger partial charge on any atom is 0.330 e. The van der Waals surface area contributed by atoms with E-state index in [1.54, 1.807) is 0 Å². The van der Waals surface area contributed by atoms with Gasteiger partial charge in [-0.1, -0.05) is 0 Å². The molecule has 10 nitrogen and oxygen atoms in total. The molecule has 1 saturated heterocycles. The van der Waals surface area contributed by atoms with Crippen LogP contribution in [0.2, 0.25) is 0 Å². The number of aliphatic hydroxyl groups is 1. The zero-order valence-corrected chi connectivity index (χ0v) is 11.8. The minimum Gasteiger partial charge on any atom is -0.385 e. The number of hydrogen-bond acceptors (Lipinski definition) is 8. The molecule has 1 aromatic heterocycles. The van der Waals surface area contributed by atoms with Gasteiger partial charge in [0.1, 0.15) is 12.2 Å². The van der Waals surface area contributed by atoms with Crippen LogP contribution in [0.25, 0.3) is 0 Å². The Labute approximate surface area is 119 Å². The van der Waals surface area contributed by atoms with Crippen LogP contribution in [-0.4, -0.2) is 47.1 Å². The van der Waals surface area contributed by atoms with Crippen LogP contribution in [0.3, 0.4) is 0 Å². The predicted octanol–water partition coefficient (Wildman–Crippen LogP) is -1.04. The number of rotatable bonds is 6. The topological polar surface area (TPSA) is 129 Å². The fraction of sp³-hybridized carbons (Fsp3) is 0.600. The smallest absolute Gasteiger partial charge is 0.330 e. The van der Waals surface area contributed by atoms with Crippen LogP contribution in [0, 0.1) is 0 Å². The highest BCUT2D eigenvalue weighted by molar-refractivity contribution is 7.17. The lowest BCUT2D eigenvalue weighted by Gasteiger charge is -2.19. The average Bonchev–Trinajstić information content (AvgIpc) is 2.75. The molecule has 1 unspecified atom stereocenters. The highest BCUT2D eigenvalue weighted by Crippen LogP contribution is 2.30. The molecular weight excluding hydrogens is 307 g/mol. The summed E-state index contributed by atoms with van der Waals surface area (Å²) in [5.41, 5.74) is -1.27. The van der Waals surface area contributed by atoms with Crippen LogP contribution in [0.15, 0.2) is 21.9 Å². The van der Waals surface area contributed by atoms with E-state index in [4.69, 9.17) is 14.2 Å². The van der Waals surface area contributed by atoms with Gasteiger partial charge < -0.3 is 19.3 Å². The molecule has 0 aliphatic carbocycles. The van der Waals surface area contributed by atoms with Crippen LogP contribution < -0.4 is 11.2 Å². The van der Waals surface area contributed by atoms with E-state index in [1.165, 1.54) is 13.3 Å². The Morgan fingerprint density at radius 2 is 2.29 bits per heavy atom. The van der Waals surface area contributed by atoms with Gasteiger partial charge in [0.15, 0.2) is 19.3 Å². The van der Waals surface area contributed by atoms with E-state index in [0.717, 1.165) is 10.6 Å². The van der Waals surface area contributed by atoms with Crippen molar-refractivity contribution in [3.63, 3.8) is 0 Å².